The van der Waals surface area contributed by atoms with Crippen LogP contribution in [-0.4, -0.2) is 62.0 Å². The second-order valence-electron chi connectivity index (χ2n) is 5.28. The van der Waals surface area contributed by atoms with Crippen LogP contribution in [0.1, 0.15) is 39.0 Å². The topological polar surface area (TPSA) is 35.6 Å². The molecular weight excluding hydrogens is 226 g/mol. The molecule has 0 aromatic carbocycles. The first kappa shape index (κ1) is 15.4. The SMILES string of the molecule is CCCCCCCN(C)CC(=O)N1CCNCC1. The van der Waals surface area contributed by atoms with Crippen molar-refractivity contribution in [1.29, 1.82) is 0 Å². The lowest BCUT2D eigenvalue weighted by molar-refractivity contribution is -0.132. The zero-order valence-electron chi connectivity index (χ0n) is 12.1. The van der Waals surface area contributed by atoms with Gasteiger partial charge in [0, 0.05) is 26.2 Å². The van der Waals surface area contributed by atoms with Gasteiger partial charge < -0.3 is 10.2 Å². The van der Waals surface area contributed by atoms with E-state index < -0.39 is 0 Å². The third-order valence-electron chi connectivity index (χ3n) is 3.52. The Hall–Kier alpha value is -0.610. The number of carbonyl (C=O) groups is 1. The summed E-state index contributed by atoms with van der Waals surface area (Å²) in [5.74, 6) is 0.285. The van der Waals surface area contributed by atoms with Crippen molar-refractivity contribution in [3.8, 4) is 0 Å². The lowest BCUT2D eigenvalue weighted by Gasteiger charge is -2.29. The molecule has 106 valence electrons. The molecule has 0 aromatic rings. The highest BCUT2D eigenvalue weighted by Crippen LogP contribution is 2.03. The molecule has 0 radical (unpaired) electrons. The van der Waals surface area contributed by atoms with Crippen molar-refractivity contribution in [2.75, 3.05) is 46.3 Å². The van der Waals surface area contributed by atoms with Crippen LogP contribution in [0.3, 0.4) is 0 Å². The minimum absolute atomic E-state index is 0.285. The first-order chi connectivity index (χ1) is 8.74. The smallest absolute Gasteiger partial charge is 0.236 e. The molecular formula is C14H29N3O. The molecule has 1 heterocycles. The van der Waals surface area contributed by atoms with Crippen molar-refractivity contribution in [1.82, 2.24) is 15.1 Å². The van der Waals surface area contributed by atoms with E-state index in [2.05, 4.69) is 24.2 Å². The van der Waals surface area contributed by atoms with Gasteiger partial charge in [0.05, 0.1) is 6.54 Å². The monoisotopic (exact) mass is 255 g/mol. The third kappa shape index (κ3) is 6.36. The van der Waals surface area contributed by atoms with Crippen molar-refractivity contribution < 1.29 is 4.79 Å². The molecule has 0 atom stereocenters. The number of hydrogen-bond acceptors (Lipinski definition) is 3. The average molecular weight is 255 g/mol. The van der Waals surface area contributed by atoms with E-state index in [9.17, 15) is 4.79 Å². The quantitative estimate of drug-likeness (QED) is 0.665. The lowest BCUT2D eigenvalue weighted by atomic mass is 10.1. The zero-order chi connectivity index (χ0) is 13.2. The third-order valence-corrected chi connectivity index (χ3v) is 3.52. The zero-order valence-corrected chi connectivity index (χ0v) is 12.1. The van der Waals surface area contributed by atoms with Crippen LogP contribution in [0, 0.1) is 0 Å². The predicted molar refractivity (Wildman–Crippen MR) is 75.7 cm³/mol. The van der Waals surface area contributed by atoms with Gasteiger partial charge in [-0.05, 0) is 20.0 Å². The van der Waals surface area contributed by atoms with Crippen molar-refractivity contribution in [2.45, 2.75) is 39.0 Å². The molecule has 1 amide bonds. The summed E-state index contributed by atoms with van der Waals surface area (Å²) >= 11 is 0. The van der Waals surface area contributed by atoms with Crippen molar-refractivity contribution in [3.63, 3.8) is 0 Å². The molecule has 0 aromatic heterocycles. The number of piperazine rings is 1. The van der Waals surface area contributed by atoms with E-state index in [1.165, 1.54) is 32.1 Å². The normalized spacial score (nSPS) is 16.3. The number of nitrogens with zero attached hydrogens (tertiary/aromatic N) is 2. The van der Waals surface area contributed by atoms with Crippen LogP contribution < -0.4 is 5.32 Å². The minimum Gasteiger partial charge on any atom is -0.339 e. The lowest BCUT2D eigenvalue weighted by Crippen LogP contribution is -2.49. The molecule has 1 rings (SSSR count). The Kier molecular flexibility index (Phi) is 8.01. The van der Waals surface area contributed by atoms with Crippen LogP contribution in [0.5, 0.6) is 0 Å². The summed E-state index contributed by atoms with van der Waals surface area (Å²) in [6.07, 6.45) is 6.46. The largest absolute Gasteiger partial charge is 0.339 e. The van der Waals surface area contributed by atoms with Crippen LogP contribution in [0.15, 0.2) is 0 Å². The number of rotatable bonds is 8. The molecule has 0 unspecified atom stereocenters. The van der Waals surface area contributed by atoms with E-state index in [0.717, 1.165) is 32.7 Å². The van der Waals surface area contributed by atoms with Crippen LogP contribution in [0.4, 0.5) is 0 Å². The Labute approximate surface area is 112 Å². The Morgan fingerprint density at radius 1 is 1.17 bits per heavy atom. The van der Waals surface area contributed by atoms with Crippen LogP contribution in [0.2, 0.25) is 0 Å². The summed E-state index contributed by atoms with van der Waals surface area (Å²) in [5, 5.41) is 3.27. The summed E-state index contributed by atoms with van der Waals surface area (Å²) in [5.41, 5.74) is 0. The second kappa shape index (κ2) is 9.34. The van der Waals surface area contributed by atoms with Crippen molar-refractivity contribution in [3.05, 3.63) is 0 Å². The van der Waals surface area contributed by atoms with E-state index in [4.69, 9.17) is 0 Å². The van der Waals surface area contributed by atoms with Gasteiger partial charge in [0.2, 0.25) is 5.91 Å². The number of nitrogens with one attached hydrogen (secondary N) is 1. The van der Waals surface area contributed by atoms with Gasteiger partial charge in [0.1, 0.15) is 0 Å². The first-order valence-corrected chi connectivity index (χ1v) is 7.41. The summed E-state index contributed by atoms with van der Waals surface area (Å²) < 4.78 is 0. The maximum Gasteiger partial charge on any atom is 0.236 e. The Balaban J connectivity index is 2.07. The van der Waals surface area contributed by atoms with Gasteiger partial charge in [-0.3, -0.25) is 9.69 Å². The fourth-order valence-corrected chi connectivity index (χ4v) is 2.31. The highest BCUT2D eigenvalue weighted by molar-refractivity contribution is 5.78. The minimum atomic E-state index is 0.285. The summed E-state index contributed by atoms with van der Waals surface area (Å²) in [4.78, 5) is 16.1. The molecule has 1 fully saturated rings. The van der Waals surface area contributed by atoms with E-state index in [-0.39, 0.29) is 5.91 Å². The first-order valence-electron chi connectivity index (χ1n) is 7.41. The molecule has 18 heavy (non-hydrogen) atoms. The number of unbranched alkanes of at least 4 members (excludes halogenated alkanes) is 4. The standard InChI is InChI=1S/C14H29N3O/c1-3-4-5-6-7-10-16(2)13-14(18)17-11-8-15-9-12-17/h15H,3-13H2,1-2H3. The van der Waals surface area contributed by atoms with Gasteiger partial charge in [-0.25, -0.2) is 0 Å². The molecule has 4 nitrogen and oxygen atoms in total. The fourth-order valence-electron chi connectivity index (χ4n) is 2.31. The van der Waals surface area contributed by atoms with Gasteiger partial charge in [0.15, 0.2) is 0 Å². The predicted octanol–water partition coefficient (Wildman–Crippen LogP) is 1.32. The Bertz CT molecular complexity index is 227. The van der Waals surface area contributed by atoms with Crippen LogP contribution in [-0.2, 0) is 4.79 Å². The average Bonchev–Trinajstić information content (AvgIpc) is 2.39. The Morgan fingerprint density at radius 3 is 2.50 bits per heavy atom. The second-order valence-corrected chi connectivity index (χ2v) is 5.28. The van der Waals surface area contributed by atoms with E-state index in [0.29, 0.717) is 6.54 Å². The summed E-state index contributed by atoms with van der Waals surface area (Å²) in [6, 6.07) is 0. The highest BCUT2D eigenvalue weighted by atomic mass is 16.2. The number of amides is 1. The van der Waals surface area contributed by atoms with Gasteiger partial charge in [-0.2, -0.15) is 0 Å². The van der Waals surface area contributed by atoms with Gasteiger partial charge >= 0.3 is 0 Å². The number of likely N-dealkylation sites (N-methyl/N-ethyl adjacent to an activating group) is 1. The number of hydrogen-bond donors (Lipinski definition) is 1. The van der Waals surface area contributed by atoms with Crippen molar-refractivity contribution >= 4 is 5.91 Å². The maximum absolute atomic E-state index is 12.0. The highest BCUT2D eigenvalue weighted by Gasteiger charge is 2.17. The molecule has 0 spiro atoms. The van der Waals surface area contributed by atoms with Crippen LogP contribution in [0.25, 0.3) is 0 Å². The molecule has 0 aliphatic carbocycles. The molecule has 4 heteroatoms. The van der Waals surface area contributed by atoms with Gasteiger partial charge in [0.25, 0.3) is 0 Å². The number of carbonyl (C=O) groups excluding carboxylic acids is 1. The van der Waals surface area contributed by atoms with Crippen molar-refractivity contribution in [2.24, 2.45) is 0 Å². The summed E-state index contributed by atoms with van der Waals surface area (Å²) in [6.45, 7) is 7.46. The van der Waals surface area contributed by atoms with E-state index in [1.807, 2.05) is 4.90 Å². The Morgan fingerprint density at radius 2 is 1.83 bits per heavy atom. The maximum atomic E-state index is 12.0. The molecule has 0 bridgehead atoms. The van der Waals surface area contributed by atoms with E-state index in [1.54, 1.807) is 0 Å². The molecule has 1 saturated heterocycles. The molecule has 1 N–H and O–H groups in total. The molecule has 0 saturated carbocycles. The molecule has 1 aliphatic heterocycles. The van der Waals surface area contributed by atoms with Gasteiger partial charge in [-0.1, -0.05) is 32.6 Å². The molecule has 1 aliphatic rings. The van der Waals surface area contributed by atoms with Crippen LogP contribution >= 0.6 is 0 Å². The summed E-state index contributed by atoms with van der Waals surface area (Å²) in [7, 11) is 2.06. The fraction of sp³-hybridized carbons (Fsp3) is 0.929. The van der Waals surface area contributed by atoms with Gasteiger partial charge in [-0.15, -0.1) is 0 Å². The van der Waals surface area contributed by atoms with E-state index >= 15 is 0 Å².